The number of hydrogen-bond donors (Lipinski definition) is 1. The van der Waals surface area contributed by atoms with Crippen LogP contribution in [-0.4, -0.2) is 15.7 Å². The van der Waals surface area contributed by atoms with E-state index in [0.29, 0.717) is 17.8 Å². The first-order valence-electron chi connectivity index (χ1n) is 11.1. The molecule has 5 heteroatoms. The molecule has 0 bridgehead atoms. The quantitative estimate of drug-likeness (QED) is 0.431. The van der Waals surface area contributed by atoms with Crippen LogP contribution in [0.1, 0.15) is 34.0 Å². The summed E-state index contributed by atoms with van der Waals surface area (Å²) in [5, 5.41) is 7.68. The fourth-order valence-corrected chi connectivity index (χ4v) is 4.23. The molecule has 0 aliphatic carbocycles. The molecule has 5 nitrogen and oxygen atoms in total. The predicted octanol–water partition coefficient (Wildman–Crippen LogP) is 5.77. The zero-order valence-corrected chi connectivity index (χ0v) is 19.3. The van der Waals surface area contributed by atoms with Crippen LogP contribution >= 0.6 is 0 Å². The summed E-state index contributed by atoms with van der Waals surface area (Å²) in [7, 11) is 0. The van der Waals surface area contributed by atoms with Crippen molar-refractivity contribution in [2.45, 2.75) is 34.2 Å². The molecule has 1 N–H and O–H groups in total. The monoisotopic (exact) mass is 437 g/mol. The standard InChI is InChI=1S/C28H27N3O2/c1-5-31-28(33)24(27(32)29-25-19(3)16-18(2)17-20(25)4)23(21-12-8-6-9-13-21)26(30-31)22-14-10-7-11-15-22/h6-17H,5H2,1-4H3,(H,29,32). The molecule has 1 heterocycles. The average Bonchev–Trinajstić information content (AvgIpc) is 2.82. The molecule has 3 aromatic carbocycles. The number of benzene rings is 3. The molecule has 0 aliphatic heterocycles. The number of anilines is 1. The molecule has 0 unspecified atom stereocenters. The average molecular weight is 438 g/mol. The van der Waals surface area contributed by atoms with Crippen molar-refractivity contribution in [3.63, 3.8) is 0 Å². The number of nitrogens with zero attached hydrogens (tertiary/aromatic N) is 2. The zero-order chi connectivity index (χ0) is 23.5. The summed E-state index contributed by atoms with van der Waals surface area (Å²) in [6.45, 7) is 8.14. The second-order valence-electron chi connectivity index (χ2n) is 8.18. The van der Waals surface area contributed by atoms with Crippen LogP contribution in [-0.2, 0) is 6.54 Å². The van der Waals surface area contributed by atoms with E-state index in [0.717, 1.165) is 33.5 Å². The highest BCUT2D eigenvalue weighted by molar-refractivity contribution is 6.10. The summed E-state index contributed by atoms with van der Waals surface area (Å²) in [5.41, 5.74) is 6.20. The van der Waals surface area contributed by atoms with Gasteiger partial charge >= 0.3 is 0 Å². The second-order valence-corrected chi connectivity index (χ2v) is 8.18. The molecule has 0 aliphatic rings. The maximum Gasteiger partial charge on any atom is 0.280 e. The van der Waals surface area contributed by atoms with Crippen molar-refractivity contribution in [2.75, 3.05) is 5.32 Å². The lowest BCUT2D eigenvalue weighted by molar-refractivity contribution is 0.102. The van der Waals surface area contributed by atoms with Gasteiger partial charge in [0.25, 0.3) is 11.5 Å². The van der Waals surface area contributed by atoms with Gasteiger partial charge in [-0.25, -0.2) is 4.68 Å². The number of carbonyl (C=O) groups is 1. The molecule has 0 radical (unpaired) electrons. The van der Waals surface area contributed by atoms with E-state index in [2.05, 4.69) is 10.4 Å². The Kier molecular flexibility index (Phi) is 6.22. The Balaban J connectivity index is 1.99. The molecule has 33 heavy (non-hydrogen) atoms. The topological polar surface area (TPSA) is 64.0 Å². The molecule has 1 amide bonds. The van der Waals surface area contributed by atoms with Gasteiger partial charge in [0.2, 0.25) is 0 Å². The van der Waals surface area contributed by atoms with Crippen LogP contribution in [0.3, 0.4) is 0 Å². The summed E-state index contributed by atoms with van der Waals surface area (Å²) in [6.07, 6.45) is 0. The van der Waals surface area contributed by atoms with Crippen LogP contribution in [0.15, 0.2) is 77.6 Å². The highest BCUT2D eigenvalue weighted by atomic mass is 16.2. The summed E-state index contributed by atoms with van der Waals surface area (Å²) in [5.74, 6) is -0.435. The third kappa shape index (κ3) is 4.35. The van der Waals surface area contributed by atoms with Crippen molar-refractivity contribution in [1.82, 2.24) is 9.78 Å². The van der Waals surface area contributed by atoms with E-state index in [9.17, 15) is 9.59 Å². The number of carbonyl (C=O) groups excluding carboxylic acids is 1. The Morgan fingerprint density at radius 3 is 1.97 bits per heavy atom. The van der Waals surface area contributed by atoms with E-state index >= 15 is 0 Å². The molecule has 4 aromatic rings. The minimum atomic E-state index is -0.435. The minimum absolute atomic E-state index is 0.0938. The largest absolute Gasteiger partial charge is 0.321 e. The van der Waals surface area contributed by atoms with Gasteiger partial charge in [0.15, 0.2) is 0 Å². The highest BCUT2D eigenvalue weighted by Crippen LogP contribution is 2.33. The number of rotatable bonds is 5. The molecular weight excluding hydrogens is 410 g/mol. The molecule has 1 aromatic heterocycles. The number of aromatic nitrogens is 2. The first kappa shape index (κ1) is 22.2. The van der Waals surface area contributed by atoms with Crippen molar-refractivity contribution in [1.29, 1.82) is 0 Å². The Bertz CT molecular complexity index is 1350. The summed E-state index contributed by atoms with van der Waals surface area (Å²) in [4.78, 5) is 27.2. The SMILES string of the molecule is CCn1nc(-c2ccccc2)c(-c2ccccc2)c(C(=O)Nc2c(C)cc(C)cc2C)c1=O. The van der Waals surface area contributed by atoms with Gasteiger partial charge in [-0.3, -0.25) is 9.59 Å². The highest BCUT2D eigenvalue weighted by Gasteiger charge is 2.25. The van der Waals surface area contributed by atoms with Gasteiger partial charge in [-0.2, -0.15) is 5.10 Å². The van der Waals surface area contributed by atoms with Gasteiger partial charge in [0.1, 0.15) is 5.56 Å². The van der Waals surface area contributed by atoms with Crippen molar-refractivity contribution < 1.29 is 4.79 Å². The third-order valence-electron chi connectivity index (χ3n) is 5.71. The van der Waals surface area contributed by atoms with E-state index in [1.807, 2.05) is 100 Å². The lowest BCUT2D eigenvalue weighted by Gasteiger charge is -2.18. The maximum absolute atomic E-state index is 13.7. The molecule has 0 atom stereocenters. The Labute approximate surface area is 193 Å². The number of aryl methyl sites for hydroxylation is 4. The summed E-state index contributed by atoms with van der Waals surface area (Å²) in [6, 6.07) is 23.2. The smallest absolute Gasteiger partial charge is 0.280 e. The van der Waals surface area contributed by atoms with Crippen LogP contribution in [0, 0.1) is 20.8 Å². The van der Waals surface area contributed by atoms with Crippen LogP contribution in [0.2, 0.25) is 0 Å². The number of amides is 1. The van der Waals surface area contributed by atoms with Crippen LogP contribution < -0.4 is 10.9 Å². The van der Waals surface area contributed by atoms with Crippen LogP contribution in [0.4, 0.5) is 5.69 Å². The van der Waals surface area contributed by atoms with E-state index in [1.54, 1.807) is 0 Å². The van der Waals surface area contributed by atoms with Crippen LogP contribution in [0.25, 0.3) is 22.4 Å². The van der Waals surface area contributed by atoms with Crippen molar-refractivity contribution in [3.8, 4) is 22.4 Å². The van der Waals surface area contributed by atoms with Crippen molar-refractivity contribution >= 4 is 11.6 Å². The van der Waals surface area contributed by atoms with E-state index < -0.39 is 11.5 Å². The number of hydrogen-bond acceptors (Lipinski definition) is 3. The molecular formula is C28H27N3O2. The molecule has 166 valence electrons. The number of nitrogens with one attached hydrogen (secondary N) is 1. The molecule has 0 saturated carbocycles. The summed E-state index contributed by atoms with van der Waals surface area (Å²) < 4.78 is 1.36. The minimum Gasteiger partial charge on any atom is -0.321 e. The van der Waals surface area contributed by atoms with Gasteiger partial charge in [-0.1, -0.05) is 78.4 Å². The third-order valence-corrected chi connectivity index (χ3v) is 5.71. The van der Waals surface area contributed by atoms with Gasteiger partial charge < -0.3 is 5.32 Å². The van der Waals surface area contributed by atoms with E-state index in [4.69, 9.17) is 0 Å². The first-order valence-corrected chi connectivity index (χ1v) is 11.1. The van der Waals surface area contributed by atoms with Gasteiger partial charge in [-0.05, 0) is 44.4 Å². The normalized spacial score (nSPS) is 10.8. The van der Waals surface area contributed by atoms with Crippen molar-refractivity contribution in [3.05, 3.63) is 105 Å². The Hall–Kier alpha value is -3.99. The van der Waals surface area contributed by atoms with E-state index in [1.165, 1.54) is 4.68 Å². The maximum atomic E-state index is 13.7. The first-order chi connectivity index (χ1) is 15.9. The van der Waals surface area contributed by atoms with E-state index in [-0.39, 0.29) is 5.56 Å². The molecule has 0 spiro atoms. The van der Waals surface area contributed by atoms with Gasteiger partial charge in [-0.15, -0.1) is 0 Å². The summed E-state index contributed by atoms with van der Waals surface area (Å²) >= 11 is 0. The Morgan fingerprint density at radius 1 is 0.879 bits per heavy atom. The molecule has 0 fully saturated rings. The molecule has 4 rings (SSSR count). The zero-order valence-electron chi connectivity index (χ0n) is 19.3. The predicted molar refractivity (Wildman–Crippen MR) is 134 cm³/mol. The molecule has 0 saturated heterocycles. The lowest BCUT2D eigenvalue weighted by Crippen LogP contribution is -2.32. The van der Waals surface area contributed by atoms with Crippen molar-refractivity contribution in [2.24, 2.45) is 0 Å². The fourth-order valence-electron chi connectivity index (χ4n) is 4.23. The second kappa shape index (κ2) is 9.25. The van der Waals surface area contributed by atoms with Gasteiger partial charge in [0.05, 0.1) is 5.69 Å². The lowest BCUT2D eigenvalue weighted by atomic mass is 9.95. The van der Waals surface area contributed by atoms with Gasteiger partial charge in [0, 0.05) is 23.4 Å². The van der Waals surface area contributed by atoms with Crippen LogP contribution in [0.5, 0.6) is 0 Å². The fraction of sp³-hybridized carbons (Fsp3) is 0.179. The Morgan fingerprint density at radius 2 is 1.42 bits per heavy atom.